The summed E-state index contributed by atoms with van der Waals surface area (Å²) in [4.78, 5) is 10.4. The van der Waals surface area contributed by atoms with Gasteiger partial charge >= 0.3 is 0 Å². The minimum absolute atomic E-state index is 0.0742. The average molecular weight is 303 g/mol. The Labute approximate surface area is 127 Å². The smallest absolute Gasteiger partial charge is 0.269 e. The zero-order valence-electron chi connectivity index (χ0n) is 11.4. The van der Waals surface area contributed by atoms with Crippen LogP contribution >= 0.6 is 11.6 Å². The molecule has 21 heavy (non-hydrogen) atoms. The lowest BCUT2D eigenvalue weighted by Crippen LogP contribution is -2.28. The molecule has 1 atom stereocenters. The lowest BCUT2D eigenvalue weighted by molar-refractivity contribution is -0.384. The van der Waals surface area contributed by atoms with Crippen molar-refractivity contribution in [3.05, 3.63) is 74.3 Å². The van der Waals surface area contributed by atoms with Crippen molar-refractivity contribution in [2.24, 2.45) is 0 Å². The highest BCUT2D eigenvalue weighted by molar-refractivity contribution is 6.31. The first kappa shape index (κ1) is 14.0. The van der Waals surface area contributed by atoms with E-state index in [1.165, 1.54) is 23.3 Å². The van der Waals surface area contributed by atoms with Crippen molar-refractivity contribution in [3.63, 3.8) is 0 Å². The summed E-state index contributed by atoms with van der Waals surface area (Å²) in [6.07, 6.45) is 1.09. The summed E-state index contributed by atoms with van der Waals surface area (Å²) in [6.45, 7) is 1.40. The lowest BCUT2D eigenvalue weighted by atomic mass is 9.77. The van der Waals surface area contributed by atoms with Gasteiger partial charge in [0.2, 0.25) is 0 Å². The Kier molecular flexibility index (Phi) is 3.90. The number of nitro groups is 1. The number of nitro benzene ring substituents is 1. The molecule has 2 aromatic rings. The molecule has 0 fully saturated rings. The average Bonchev–Trinajstić information content (AvgIpc) is 2.45. The third kappa shape index (κ3) is 2.91. The van der Waals surface area contributed by atoms with Gasteiger partial charge in [0.25, 0.3) is 5.69 Å². The predicted octanol–water partition coefficient (Wildman–Crippen LogP) is 3.68. The van der Waals surface area contributed by atoms with Crippen molar-refractivity contribution >= 4 is 17.3 Å². The van der Waals surface area contributed by atoms with Gasteiger partial charge in [0.15, 0.2) is 0 Å². The number of hydrogen-bond donors (Lipinski definition) is 1. The van der Waals surface area contributed by atoms with Crippen molar-refractivity contribution in [1.29, 1.82) is 0 Å². The van der Waals surface area contributed by atoms with Crippen LogP contribution in [0.1, 0.15) is 22.6 Å². The van der Waals surface area contributed by atoms with Gasteiger partial charge in [-0.05, 0) is 29.2 Å². The summed E-state index contributed by atoms with van der Waals surface area (Å²) in [6, 6.07) is 13.0. The number of benzene rings is 2. The first-order chi connectivity index (χ1) is 10.1. The molecule has 2 aromatic carbocycles. The molecule has 108 valence electrons. The predicted molar refractivity (Wildman–Crippen MR) is 82.7 cm³/mol. The summed E-state index contributed by atoms with van der Waals surface area (Å²) >= 11 is 6.08. The molecule has 1 aliphatic rings. The largest absolute Gasteiger partial charge is 0.312 e. The molecule has 1 N–H and O–H groups in total. The number of nitrogens with one attached hydrogen (secondary N) is 1. The van der Waals surface area contributed by atoms with E-state index in [0.717, 1.165) is 18.5 Å². The van der Waals surface area contributed by atoms with E-state index in [1.807, 2.05) is 0 Å². The molecule has 4 nitrogen and oxygen atoms in total. The fourth-order valence-corrected chi connectivity index (χ4v) is 2.92. The van der Waals surface area contributed by atoms with Crippen molar-refractivity contribution < 1.29 is 4.92 Å². The molecule has 0 aromatic heterocycles. The van der Waals surface area contributed by atoms with Crippen LogP contribution in [0.3, 0.4) is 0 Å². The van der Waals surface area contributed by atoms with Gasteiger partial charge in [-0.2, -0.15) is 0 Å². The van der Waals surface area contributed by atoms with E-state index in [2.05, 4.69) is 29.6 Å². The number of non-ortho nitro benzene ring substituents is 1. The number of rotatable bonds is 5. The van der Waals surface area contributed by atoms with Crippen LogP contribution in [0.5, 0.6) is 0 Å². The quantitative estimate of drug-likeness (QED) is 0.677. The minimum atomic E-state index is -0.401. The second kappa shape index (κ2) is 5.84. The van der Waals surface area contributed by atoms with E-state index in [9.17, 15) is 10.1 Å². The van der Waals surface area contributed by atoms with E-state index in [1.54, 1.807) is 6.07 Å². The van der Waals surface area contributed by atoms with Crippen LogP contribution in [0.15, 0.2) is 42.5 Å². The number of hydrogen-bond acceptors (Lipinski definition) is 3. The molecule has 3 rings (SSSR count). The van der Waals surface area contributed by atoms with Crippen molar-refractivity contribution in [2.75, 3.05) is 6.54 Å². The molecular weight excluding hydrogens is 288 g/mol. The van der Waals surface area contributed by atoms with E-state index < -0.39 is 4.92 Å². The van der Waals surface area contributed by atoms with Crippen LogP contribution in [-0.4, -0.2) is 11.5 Å². The highest BCUT2D eigenvalue weighted by atomic mass is 35.5. The fourth-order valence-electron chi connectivity index (χ4n) is 2.74. The molecule has 0 aliphatic heterocycles. The molecule has 0 saturated heterocycles. The monoisotopic (exact) mass is 302 g/mol. The maximum Gasteiger partial charge on any atom is 0.269 e. The zero-order chi connectivity index (χ0) is 14.8. The van der Waals surface area contributed by atoms with E-state index >= 15 is 0 Å². The molecule has 0 saturated carbocycles. The molecule has 0 bridgehead atoms. The van der Waals surface area contributed by atoms with Gasteiger partial charge in [0.1, 0.15) is 0 Å². The Balaban J connectivity index is 1.59. The second-order valence-electron chi connectivity index (χ2n) is 5.26. The van der Waals surface area contributed by atoms with Gasteiger partial charge in [-0.25, -0.2) is 0 Å². The summed E-state index contributed by atoms with van der Waals surface area (Å²) in [5.74, 6) is 0.527. The fraction of sp³-hybridized carbons (Fsp3) is 0.250. The van der Waals surface area contributed by atoms with Gasteiger partial charge in [0, 0.05) is 36.2 Å². The zero-order valence-corrected chi connectivity index (χ0v) is 12.1. The van der Waals surface area contributed by atoms with Crippen LogP contribution in [0, 0.1) is 10.1 Å². The van der Waals surface area contributed by atoms with Gasteiger partial charge in [0.05, 0.1) is 4.92 Å². The third-order valence-corrected chi connectivity index (χ3v) is 4.28. The topological polar surface area (TPSA) is 55.2 Å². The van der Waals surface area contributed by atoms with Gasteiger partial charge in [-0.15, -0.1) is 0 Å². The molecule has 1 unspecified atom stereocenters. The first-order valence-electron chi connectivity index (χ1n) is 6.86. The van der Waals surface area contributed by atoms with Crippen molar-refractivity contribution in [3.8, 4) is 0 Å². The Morgan fingerprint density at radius 3 is 2.86 bits per heavy atom. The van der Waals surface area contributed by atoms with Gasteiger partial charge in [-0.1, -0.05) is 35.9 Å². The second-order valence-corrected chi connectivity index (χ2v) is 5.67. The third-order valence-electron chi connectivity index (χ3n) is 3.91. The summed E-state index contributed by atoms with van der Waals surface area (Å²) < 4.78 is 0. The Hall–Kier alpha value is -1.91. The highest BCUT2D eigenvalue weighted by Gasteiger charge is 2.24. The molecular formula is C16H15ClN2O2. The minimum Gasteiger partial charge on any atom is -0.312 e. The lowest BCUT2D eigenvalue weighted by Gasteiger charge is -2.30. The van der Waals surface area contributed by atoms with Gasteiger partial charge in [-0.3, -0.25) is 10.1 Å². The van der Waals surface area contributed by atoms with Crippen molar-refractivity contribution in [1.82, 2.24) is 5.32 Å². The maximum absolute atomic E-state index is 10.8. The number of halogens is 1. The van der Waals surface area contributed by atoms with Gasteiger partial charge < -0.3 is 5.32 Å². The van der Waals surface area contributed by atoms with E-state index in [-0.39, 0.29) is 5.69 Å². The Bertz CT molecular complexity index is 688. The molecule has 0 heterocycles. The molecule has 1 aliphatic carbocycles. The maximum atomic E-state index is 10.8. The Morgan fingerprint density at radius 1 is 1.29 bits per heavy atom. The first-order valence-corrected chi connectivity index (χ1v) is 7.24. The Morgan fingerprint density at radius 2 is 2.10 bits per heavy atom. The van der Waals surface area contributed by atoms with Crippen LogP contribution < -0.4 is 5.32 Å². The normalized spacial score (nSPS) is 16.1. The highest BCUT2D eigenvalue weighted by Crippen LogP contribution is 2.34. The summed E-state index contributed by atoms with van der Waals surface area (Å²) in [5.41, 5.74) is 3.65. The summed E-state index contributed by atoms with van der Waals surface area (Å²) in [5, 5.41) is 14.7. The molecule has 5 heteroatoms. The summed E-state index contributed by atoms with van der Waals surface area (Å²) in [7, 11) is 0. The standard InChI is InChI=1S/C16H15ClN2O2/c17-16-6-5-14(19(20)21)8-13(16)10-18-9-12-7-11-3-1-2-4-15(11)12/h1-6,8,12,18H,7,9-10H2. The van der Waals surface area contributed by atoms with Crippen LogP contribution in [0.25, 0.3) is 0 Å². The van der Waals surface area contributed by atoms with Crippen LogP contribution in [-0.2, 0) is 13.0 Å². The molecule has 0 radical (unpaired) electrons. The van der Waals surface area contributed by atoms with E-state index in [4.69, 9.17) is 11.6 Å². The van der Waals surface area contributed by atoms with E-state index in [0.29, 0.717) is 17.5 Å². The number of fused-ring (bicyclic) bond motifs is 1. The van der Waals surface area contributed by atoms with Crippen LogP contribution in [0.4, 0.5) is 5.69 Å². The molecule has 0 amide bonds. The SMILES string of the molecule is O=[N+]([O-])c1ccc(Cl)c(CNCC2Cc3ccccc32)c1. The number of nitrogens with zero attached hydrogens (tertiary/aromatic N) is 1. The van der Waals surface area contributed by atoms with Crippen LogP contribution in [0.2, 0.25) is 5.02 Å². The molecule has 0 spiro atoms. The van der Waals surface area contributed by atoms with Crippen molar-refractivity contribution in [2.45, 2.75) is 18.9 Å².